The molecule has 0 unspecified atom stereocenters. The summed E-state index contributed by atoms with van der Waals surface area (Å²) in [6, 6.07) is 14.9. The molecule has 7 heteroatoms. The Kier molecular flexibility index (Phi) is 4.29. The Morgan fingerprint density at radius 3 is 2.69 bits per heavy atom. The van der Waals surface area contributed by atoms with E-state index in [-0.39, 0.29) is 6.04 Å². The molecule has 2 aromatic heterocycles. The van der Waals surface area contributed by atoms with Gasteiger partial charge in [-0.15, -0.1) is 0 Å². The first-order valence-electron chi connectivity index (χ1n) is 9.69. The lowest BCUT2D eigenvalue weighted by Gasteiger charge is -2.34. The van der Waals surface area contributed by atoms with Crippen molar-refractivity contribution in [3.05, 3.63) is 83.6 Å². The Labute approximate surface area is 169 Å². The van der Waals surface area contributed by atoms with Crippen LogP contribution in [0.3, 0.4) is 0 Å². The van der Waals surface area contributed by atoms with E-state index in [1.165, 1.54) is 10.9 Å². The number of rotatable bonds is 4. The van der Waals surface area contributed by atoms with Crippen molar-refractivity contribution in [2.24, 2.45) is 0 Å². The number of H-pyrrole nitrogens is 2. The standard InChI is InChI=1S/C22H22N4O2S/c1-15-6-8-17(9-7-15)29(27,28)26-11-10-19-18-4-2-3-5-20(18)25-22(19)21(26)12-16-13-23-14-24-16/h2-9,13-14,21,25H,10-12H2,1H3,(H,23,24)/t21-/m0/s1. The summed E-state index contributed by atoms with van der Waals surface area (Å²) in [4.78, 5) is 11.1. The number of hydrogen-bond donors (Lipinski definition) is 2. The summed E-state index contributed by atoms with van der Waals surface area (Å²) < 4.78 is 28.7. The number of aryl methyl sites for hydroxylation is 1. The molecule has 29 heavy (non-hydrogen) atoms. The zero-order valence-corrected chi connectivity index (χ0v) is 16.9. The third kappa shape index (κ3) is 3.07. The molecule has 4 aromatic rings. The van der Waals surface area contributed by atoms with Gasteiger partial charge in [0.15, 0.2) is 0 Å². The number of aromatic amines is 2. The van der Waals surface area contributed by atoms with Crippen molar-refractivity contribution >= 4 is 20.9 Å². The van der Waals surface area contributed by atoms with Gasteiger partial charge in [-0.1, -0.05) is 35.9 Å². The molecule has 1 aliphatic rings. The van der Waals surface area contributed by atoms with E-state index in [1.807, 2.05) is 37.3 Å². The highest BCUT2D eigenvalue weighted by molar-refractivity contribution is 7.89. The number of benzene rings is 2. The maximum Gasteiger partial charge on any atom is 0.243 e. The largest absolute Gasteiger partial charge is 0.357 e. The fourth-order valence-corrected chi connectivity index (χ4v) is 5.84. The predicted molar refractivity (Wildman–Crippen MR) is 112 cm³/mol. The van der Waals surface area contributed by atoms with Gasteiger partial charge in [0.05, 0.1) is 17.3 Å². The van der Waals surface area contributed by atoms with Crippen LogP contribution in [0.2, 0.25) is 0 Å². The molecule has 1 aliphatic heterocycles. The molecular formula is C22H22N4O2S. The summed E-state index contributed by atoms with van der Waals surface area (Å²) >= 11 is 0. The molecule has 2 N–H and O–H groups in total. The number of aromatic nitrogens is 3. The van der Waals surface area contributed by atoms with Gasteiger partial charge in [0, 0.05) is 41.5 Å². The number of fused-ring (bicyclic) bond motifs is 3. The number of imidazole rings is 1. The minimum atomic E-state index is -3.63. The van der Waals surface area contributed by atoms with Crippen molar-refractivity contribution in [2.45, 2.75) is 30.7 Å². The van der Waals surface area contributed by atoms with E-state index >= 15 is 0 Å². The zero-order chi connectivity index (χ0) is 20.0. The van der Waals surface area contributed by atoms with Crippen LogP contribution in [0, 0.1) is 6.92 Å². The average molecular weight is 407 g/mol. The van der Waals surface area contributed by atoms with Crippen LogP contribution in [0.4, 0.5) is 0 Å². The molecule has 2 aromatic carbocycles. The molecule has 0 spiro atoms. The van der Waals surface area contributed by atoms with Gasteiger partial charge in [-0.3, -0.25) is 0 Å². The van der Waals surface area contributed by atoms with Gasteiger partial charge in [0.25, 0.3) is 0 Å². The number of sulfonamides is 1. The predicted octanol–water partition coefficient (Wildman–Crippen LogP) is 3.73. The van der Waals surface area contributed by atoms with Gasteiger partial charge in [0.1, 0.15) is 0 Å². The number of para-hydroxylation sites is 1. The highest BCUT2D eigenvalue weighted by atomic mass is 32.2. The van der Waals surface area contributed by atoms with Crippen molar-refractivity contribution in [1.82, 2.24) is 19.3 Å². The molecule has 6 nitrogen and oxygen atoms in total. The molecule has 3 heterocycles. The Morgan fingerprint density at radius 1 is 1.14 bits per heavy atom. The summed E-state index contributed by atoms with van der Waals surface area (Å²) in [5, 5.41) is 1.17. The first-order valence-corrected chi connectivity index (χ1v) is 11.1. The van der Waals surface area contributed by atoms with Crippen LogP contribution in [-0.4, -0.2) is 34.2 Å². The second kappa shape index (κ2) is 6.86. The molecule has 0 amide bonds. The van der Waals surface area contributed by atoms with E-state index in [1.54, 1.807) is 29.0 Å². The molecule has 148 valence electrons. The van der Waals surface area contributed by atoms with E-state index in [9.17, 15) is 8.42 Å². The van der Waals surface area contributed by atoms with Crippen molar-refractivity contribution in [3.63, 3.8) is 0 Å². The van der Waals surface area contributed by atoms with E-state index in [0.29, 0.717) is 24.3 Å². The van der Waals surface area contributed by atoms with Gasteiger partial charge in [-0.25, -0.2) is 13.4 Å². The third-order valence-electron chi connectivity index (χ3n) is 5.71. The summed E-state index contributed by atoms with van der Waals surface area (Å²) in [6.45, 7) is 2.40. The van der Waals surface area contributed by atoms with Crippen LogP contribution in [0.25, 0.3) is 10.9 Å². The second-order valence-corrected chi connectivity index (χ2v) is 9.43. The molecule has 0 aliphatic carbocycles. The van der Waals surface area contributed by atoms with Gasteiger partial charge in [-0.2, -0.15) is 4.31 Å². The van der Waals surface area contributed by atoms with Crippen molar-refractivity contribution in [2.75, 3.05) is 6.54 Å². The lowest BCUT2D eigenvalue weighted by atomic mass is 9.96. The second-order valence-electron chi connectivity index (χ2n) is 7.54. The van der Waals surface area contributed by atoms with Crippen LogP contribution >= 0.6 is 0 Å². The SMILES string of the molecule is Cc1ccc(S(=O)(=O)N2CCc3c([nH]c4ccccc34)[C@@H]2Cc2cnc[nH]2)cc1. The third-order valence-corrected chi connectivity index (χ3v) is 7.63. The summed E-state index contributed by atoms with van der Waals surface area (Å²) in [7, 11) is -3.63. The monoisotopic (exact) mass is 406 g/mol. The van der Waals surface area contributed by atoms with Crippen LogP contribution in [-0.2, 0) is 22.9 Å². The van der Waals surface area contributed by atoms with Crippen LogP contribution < -0.4 is 0 Å². The number of nitrogens with zero attached hydrogens (tertiary/aromatic N) is 2. The number of nitrogens with one attached hydrogen (secondary N) is 2. The van der Waals surface area contributed by atoms with E-state index < -0.39 is 10.0 Å². The highest BCUT2D eigenvalue weighted by Crippen LogP contribution is 2.39. The fraction of sp³-hybridized carbons (Fsp3) is 0.227. The molecule has 0 radical (unpaired) electrons. The quantitative estimate of drug-likeness (QED) is 0.542. The molecular weight excluding hydrogens is 384 g/mol. The smallest absolute Gasteiger partial charge is 0.243 e. The van der Waals surface area contributed by atoms with Gasteiger partial charge < -0.3 is 9.97 Å². The van der Waals surface area contributed by atoms with Crippen molar-refractivity contribution < 1.29 is 8.42 Å². The molecule has 0 saturated heterocycles. The van der Waals surface area contributed by atoms with E-state index in [2.05, 4.69) is 21.0 Å². The van der Waals surface area contributed by atoms with Gasteiger partial charge >= 0.3 is 0 Å². The molecule has 0 fully saturated rings. The number of hydrogen-bond acceptors (Lipinski definition) is 3. The normalized spacial score (nSPS) is 17.5. The molecule has 0 bridgehead atoms. The summed E-state index contributed by atoms with van der Waals surface area (Å²) in [6.07, 6.45) is 4.60. The zero-order valence-electron chi connectivity index (χ0n) is 16.1. The van der Waals surface area contributed by atoms with Crippen molar-refractivity contribution in [1.29, 1.82) is 0 Å². The Balaban J connectivity index is 1.63. The lowest BCUT2D eigenvalue weighted by molar-refractivity contribution is 0.300. The van der Waals surface area contributed by atoms with E-state index in [4.69, 9.17) is 0 Å². The van der Waals surface area contributed by atoms with E-state index in [0.717, 1.165) is 22.5 Å². The van der Waals surface area contributed by atoms with Crippen molar-refractivity contribution in [3.8, 4) is 0 Å². The highest BCUT2D eigenvalue weighted by Gasteiger charge is 2.38. The van der Waals surface area contributed by atoms with Crippen LogP contribution in [0.5, 0.6) is 0 Å². The Bertz CT molecular complexity index is 1260. The molecule has 1 atom stereocenters. The summed E-state index contributed by atoms with van der Waals surface area (Å²) in [5.41, 5.74) is 5.17. The summed E-state index contributed by atoms with van der Waals surface area (Å²) in [5.74, 6) is 0. The van der Waals surface area contributed by atoms with Crippen LogP contribution in [0.15, 0.2) is 66.0 Å². The van der Waals surface area contributed by atoms with Gasteiger partial charge in [0.2, 0.25) is 10.0 Å². The average Bonchev–Trinajstić information content (AvgIpc) is 3.36. The van der Waals surface area contributed by atoms with Crippen LogP contribution in [0.1, 0.15) is 28.6 Å². The van der Waals surface area contributed by atoms with Gasteiger partial charge in [-0.05, 0) is 37.1 Å². The minimum Gasteiger partial charge on any atom is -0.357 e. The first kappa shape index (κ1) is 18.1. The maximum absolute atomic E-state index is 13.5. The Hall–Kier alpha value is -2.90. The molecule has 0 saturated carbocycles. The maximum atomic E-state index is 13.5. The lowest BCUT2D eigenvalue weighted by Crippen LogP contribution is -2.41. The fourth-order valence-electron chi connectivity index (χ4n) is 4.24. The Morgan fingerprint density at radius 2 is 1.93 bits per heavy atom. The minimum absolute atomic E-state index is 0.321. The molecule has 5 rings (SSSR count). The first-order chi connectivity index (χ1) is 14.0. The topological polar surface area (TPSA) is 81.8 Å².